The maximum Gasteiger partial charge on any atom is 0.260 e. The van der Waals surface area contributed by atoms with Gasteiger partial charge < -0.3 is 14.0 Å². The highest BCUT2D eigenvalue weighted by Gasteiger charge is 2.43. The lowest BCUT2D eigenvalue weighted by Gasteiger charge is -2.35. The van der Waals surface area contributed by atoms with Crippen molar-refractivity contribution in [2.24, 2.45) is 0 Å². The van der Waals surface area contributed by atoms with Gasteiger partial charge in [-0.25, -0.2) is 0 Å². The van der Waals surface area contributed by atoms with Crippen LogP contribution in [0.3, 0.4) is 0 Å². The van der Waals surface area contributed by atoms with E-state index in [2.05, 4.69) is 211 Å². The quantitative estimate of drug-likeness (QED) is 0.125. The zero-order chi connectivity index (χ0) is 38.9. The molecular formula is C54H36BNO2Si. The van der Waals surface area contributed by atoms with Crippen molar-refractivity contribution in [3.8, 4) is 39.8 Å². The van der Waals surface area contributed by atoms with E-state index in [0.717, 1.165) is 56.2 Å². The molecule has 5 heteroatoms. The molecule has 0 atom stereocenters. The molecule has 12 rings (SSSR count). The van der Waals surface area contributed by atoms with Crippen molar-refractivity contribution in [2.45, 2.75) is 0 Å². The Morgan fingerprint density at radius 1 is 0.373 bits per heavy atom. The molecule has 0 bridgehead atoms. The Morgan fingerprint density at radius 2 is 0.881 bits per heavy atom. The second-order valence-electron chi connectivity index (χ2n) is 15.5. The molecule has 10 aromatic rings. The summed E-state index contributed by atoms with van der Waals surface area (Å²) in [6.07, 6.45) is 0. The van der Waals surface area contributed by atoms with Gasteiger partial charge in [-0.15, -0.1) is 0 Å². The van der Waals surface area contributed by atoms with E-state index in [1.165, 1.54) is 42.6 Å². The number of hydrogen-bond acceptors (Lipinski definition) is 2. The van der Waals surface area contributed by atoms with Gasteiger partial charge in [0.15, 0.2) is 8.07 Å². The van der Waals surface area contributed by atoms with Crippen LogP contribution in [0.4, 0.5) is 0 Å². The van der Waals surface area contributed by atoms with Gasteiger partial charge in [0, 0.05) is 21.8 Å². The van der Waals surface area contributed by atoms with Crippen molar-refractivity contribution in [3.05, 3.63) is 218 Å². The van der Waals surface area contributed by atoms with Gasteiger partial charge in [-0.3, -0.25) is 0 Å². The van der Waals surface area contributed by atoms with Crippen LogP contribution in [0.15, 0.2) is 218 Å². The third-order valence-corrected chi connectivity index (χ3v) is 17.3. The summed E-state index contributed by atoms with van der Waals surface area (Å²) in [6.45, 7) is 0.00129. The summed E-state index contributed by atoms with van der Waals surface area (Å²) in [7, 11) is -2.86. The van der Waals surface area contributed by atoms with Crippen molar-refractivity contribution in [1.29, 1.82) is 0 Å². The SMILES string of the molecule is c1ccc([Si](c2ccccc2)(c2ccccc2)c2ccc(-n3c4ccccc4c4ccccc43)c(-c3ccc4c(c3)Oc3cccc5c3B4c3ccccc3O5)c2)cc1. The van der Waals surface area contributed by atoms with Crippen LogP contribution < -0.4 is 46.6 Å². The molecule has 0 saturated carbocycles. The fraction of sp³-hybridized carbons (Fsp3) is 0. The van der Waals surface area contributed by atoms with Crippen molar-refractivity contribution in [2.75, 3.05) is 0 Å². The molecule has 0 amide bonds. The molecule has 0 unspecified atom stereocenters. The smallest absolute Gasteiger partial charge is 0.260 e. The van der Waals surface area contributed by atoms with Crippen LogP contribution in [-0.2, 0) is 0 Å². The number of para-hydroxylation sites is 3. The molecular weight excluding hydrogens is 733 g/mol. The van der Waals surface area contributed by atoms with Crippen molar-refractivity contribution < 1.29 is 9.47 Å². The highest BCUT2D eigenvalue weighted by molar-refractivity contribution is 7.20. The van der Waals surface area contributed by atoms with Crippen LogP contribution in [0.5, 0.6) is 23.0 Å². The summed E-state index contributed by atoms with van der Waals surface area (Å²) < 4.78 is 15.8. The van der Waals surface area contributed by atoms with Gasteiger partial charge in [-0.1, -0.05) is 176 Å². The summed E-state index contributed by atoms with van der Waals surface area (Å²) in [5.74, 6) is 3.45. The Bertz CT molecular complexity index is 3090. The topological polar surface area (TPSA) is 23.4 Å². The first-order valence-corrected chi connectivity index (χ1v) is 22.3. The molecule has 0 fully saturated rings. The molecule has 0 saturated heterocycles. The minimum Gasteiger partial charge on any atom is -0.458 e. The van der Waals surface area contributed by atoms with Crippen LogP contribution in [0.2, 0.25) is 0 Å². The number of hydrogen-bond donors (Lipinski definition) is 0. The highest BCUT2D eigenvalue weighted by Crippen LogP contribution is 2.39. The number of benzene rings is 9. The number of nitrogens with zero attached hydrogens (tertiary/aromatic N) is 1. The van der Waals surface area contributed by atoms with Crippen molar-refractivity contribution in [3.63, 3.8) is 0 Å². The summed E-state index contributed by atoms with van der Waals surface area (Å²) >= 11 is 0. The first-order chi connectivity index (χ1) is 29.3. The molecule has 0 spiro atoms. The van der Waals surface area contributed by atoms with Crippen LogP contribution in [0.1, 0.15) is 0 Å². The van der Waals surface area contributed by atoms with E-state index in [0.29, 0.717) is 0 Å². The molecule has 0 N–H and O–H groups in total. The van der Waals surface area contributed by atoms with Crippen molar-refractivity contribution >= 4 is 73.7 Å². The monoisotopic (exact) mass is 769 g/mol. The second-order valence-corrected chi connectivity index (χ2v) is 19.4. The van der Waals surface area contributed by atoms with Gasteiger partial charge in [0.25, 0.3) is 6.71 Å². The van der Waals surface area contributed by atoms with E-state index in [1.807, 2.05) is 12.1 Å². The van der Waals surface area contributed by atoms with E-state index in [9.17, 15) is 0 Å². The van der Waals surface area contributed by atoms with Crippen LogP contribution in [0, 0.1) is 0 Å². The average molecular weight is 770 g/mol. The lowest BCUT2D eigenvalue weighted by atomic mass is 9.35. The molecule has 1 aromatic heterocycles. The number of rotatable bonds is 6. The Labute approximate surface area is 344 Å². The molecule has 0 aliphatic carbocycles. The minimum absolute atomic E-state index is 0.00129. The molecule has 59 heavy (non-hydrogen) atoms. The fourth-order valence-electron chi connectivity index (χ4n) is 9.98. The zero-order valence-electron chi connectivity index (χ0n) is 32.1. The van der Waals surface area contributed by atoms with Crippen LogP contribution in [0.25, 0.3) is 38.6 Å². The third-order valence-electron chi connectivity index (χ3n) is 12.5. The standard InChI is InChI=1S/C54H36BNO2Si/c1-4-17-38(18-5-1)59(39-19-6-2-7-20-39,40-21-8-3-9-22-40)41-32-34-49(56-47-26-13-10-23-42(47)43-24-11-14-27-48(43)56)44(36-41)37-31-33-46-53(35-37)58-52-30-16-29-51-54(52)55(46)45-25-12-15-28-50(45)57-51/h1-36H. The van der Waals surface area contributed by atoms with Gasteiger partial charge in [0.05, 0.1) is 16.7 Å². The molecule has 2 aliphatic rings. The lowest BCUT2D eigenvalue weighted by Crippen LogP contribution is -2.74. The van der Waals surface area contributed by atoms with Gasteiger partial charge in [-0.05, 0) is 79.7 Å². The molecule has 3 heterocycles. The normalized spacial score (nSPS) is 12.6. The second kappa shape index (κ2) is 13.4. The summed E-state index contributed by atoms with van der Waals surface area (Å²) in [5, 5.41) is 7.80. The summed E-state index contributed by atoms with van der Waals surface area (Å²) in [5.41, 5.74) is 9.10. The molecule has 2 aliphatic heterocycles. The molecule has 3 nitrogen and oxygen atoms in total. The van der Waals surface area contributed by atoms with E-state index < -0.39 is 8.07 Å². The Balaban J connectivity index is 1.16. The van der Waals surface area contributed by atoms with Gasteiger partial charge >= 0.3 is 0 Å². The number of aromatic nitrogens is 1. The number of fused-ring (bicyclic) bond motifs is 7. The maximum absolute atomic E-state index is 6.90. The van der Waals surface area contributed by atoms with E-state index in [4.69, 9.17) is 9.47 Å². The molecule has 0 radical (unpaired) electrons. The number of ether oxygens (including phenoxy) is 2. The van der Waals surface area contributed by atoms with E-state index in [1.54, 1.807) is 0 Å². The average Bonchev–Trinajstić information content (AvgIpc) is 3.64. The van der Waals surface area contributed by atoms with Crippen LogP contribution in [-0.4, -0.2) is 19.4 Å². The van der Waals surface area contributed by atoms with Crippen molar-refractivity contribution in [1.82, 2.24) is 4.57 Å². The third kappa shape index (κ3) is 5.08. The van der Waals surface area contributed by atoms with Crippen LogP contribution >= 0.6 is 0 Å². The molecule has 9 aromatic carbocycles. The predicted octanol–water partition coefficient (Wildman–Crippen LogP) is 8.56. The van der Waals surface area contributed by atoms with E-state index >= 15 is 0 Å². The van der Waals surface area contributed by atoms with E-state index in [-0.39, 0.29) is 6.71 Å². The highest BCUT2D eigenvalue weighted by atomic mass is 28.3. The fourth-order valence-corrected chi connectivity index (χ4v) is 14.8. The van der Waals surface area contributed by atoms with Gasteiger partial charge in [-0.2, -0.15) is 0 Å². The largest absolute Gasteiger partial charge is 0.458 e. The Kier molecular flexibility index (Phi) is 7.65. The minimum atomic E-state index is -2.86. The van der Waals surface area contributed by atoms with Gasteiger partial charge in [0.1, 0.15) is 23.0 Å². The predicted molar refractivity (Wildman–Crippen MR) is 248 cm³/mol. The zero-order valence-corrected chi connectivity index (χ0v) is 33.1. The Hall–Kier alpha value is -7.34. The first kappa shape index (κ1) is 33.8. The first-order valence-electron chi connectivity index (χ1n) is 20.3. The molecule has 276 valence electrons. The summed E-state index contributed by atoms with van der Waals surface area (Å²) in [4.78, 5) is 0. The summed E-state index contributed by atoms with van der Waals surface area (Å²) in [6, 6.07) is 79.7. The lowest BCUT2D eigenvalue weighted by molar-refractivity contribution is 0.464. The Morgan fingerprint density at radius 3 is 1.51 bits per heavy atom. The van der Waals surface area contributed by atoms with Gasteiger partial charge in [0.2, 0.25) is 0 Å². The maximum atomic E-state index is 6.90.